The van der Waals surface area contributed by atoms with E-state index < -0.39 is 6.61 Å². The van der Waals surface area contributed by atoms with Crippen LogP contribution in [0.4, 0.5) is 19.6 Å². The molecule has 152 valence electrons. The van der Waals surface area contributed by atoms with Crippen LogP contribution in [0.25, 0.3) is 10.6 Å². The molecule has 1 N–H and O–H groups in total. The third kappa shape index (κ3) is 4.89. The number of morpholine rings is 1. The van der Waals surface area contributed by atoms with Crippen molar-refractivity contribution in [3.05, 3.63) is 46.7 Å². The molecule has 3 heterocycles. The van der Waals surface area contributed by atoms with Crippen LogP contribution in [0.2, 0.25) is 0 Å². The van der Waals surface area contributed by atoms with E-state index in [1.54, 1.807) is 34.8 Å². The molecule has 3 aromatic rings. The highest BCUT2D eigenvalue weighted by atomic mass is 32.1. The van der Waals surface area contributed by atoms with Gasteiger partial charge in [0.1, 0.15) is 16.4 Å². The van der Waals surface area contributed by atoms with E-state index >= 15 is 0 Å². The molecule has 1 aliphatic rings. The van der Waals surface area contributed by atoms with Crippen molar-refractivity contribution in [3.63, 3.8) is 0 Å². The van der Waals surface area contributed by atoms with Crippen LogP contribution in [0.1, 0.15) is 4.88 Å². The van der Waals surface area contributed by atoms with Crippen molar-refractivity contribution in [2.45, 2.75) is 6.61 Å². The highest BCUT2D eigenvalue weighted by molar-refractivity contribution is 7.81. The maximum atomic E-state index is 12.3. The van der Waals surface area contributed by atoms with Gasteiger partial charge in [0.2, 0.25) is 0 Å². The zero-order valence-corrected chi connectivity index (χ0v) is 17.6. The average molecular weight is 454 g/mol. The van der Waals surface area contributed by atoms with E-state index in [0.29, 0.717) is 23.9 Å². The second-order valence-electron chi connectivity index (χ2n) is 6.11. The van der Waals surface area contributed by atoms with E-state index in [9.17, 15) is 8.78 Å². The van der Waals surface area contributed by atoms with Gasteiger partial charge in [-0.05, 0) is 35.7 Å². The van der Waals surface area contributed by atoms with Gasteiger partial charge in [0.15, 0.2) is 5.13 Å². The maximum absolute atomic E-state index is 12.3. The molecule has 4 rings (SSSR count). The second kappa shape index (κ2) is 9.12. The van der Waals surface area contributed by atoms with Gasteiger partial charge in [-0.1, -0.05) is 29.6 Å². The first-order valence-corrected chi connectivity index (χ1v) is 10.9. The fourth-order valence-corrected chi connectivity index (χ4v) is 4.99. The van der Waals surface area contributed by atoms with Crippen LogP contribution >= 0.6 is 34.9 Å². The van der Waals surface area contributed by atoms with E-state index in [4.69, 9.17) is 21.9 Å². The Labute approximate surface area is 179 Å². The van der Waals surface area contributed by atoms with Gasteiger partial charge < -0.3 is 19.7 Å². The Hall–Kier alpha value is -2.14. The molecular weight excluding hydrogens is 436 g/mol. The lowest BCUT2D eigenvalue weighted by Crippen LogP contribution is -2.36. The molecular formula is C19H17F2N3O2S3. The Morgan fingerprint density at radius 3 is 2.62 bits per heavy atom. The predicted octanol–water partition coefficient (Wildman–Crippen LogP) is 5.10. The van der Waals surface area contributed by atoms with Crippen molar-refractivity contribution >= 4 is 50.7 Å². The largest absolute Gasteiger partial charge is 0.435 e. The van der Waals surface area contributed by atoms with Crippen LogP contribution in [0.3, 0.4) is 0 Å². The lowest BCUT2D eigenvalue weighted by atomic mass is 10.2. The van der Waals surface area contributed by atoms with Crippen LogP contribution in [-0.4, -0.2) is 42.9 Å². The van der Waals surface area contributed by atoms with Crippen LogP contribution in [0, 0.1) is 0 Å². The van der Waals surface area contributed by atoms with E-state index in [1.807, 2.05) is 17.5 Å². The summed E-state index contributed by atoms with van der Waals surface area (Å²) in [5.41, 5.74) is 1.54. The summed E-state index contributed by atoms with van der Waals surface area (Å²) in [6.07, 6.45) is 0. The third-order valence-corrected chi connectivity index (χ3v) is 6.64. The molecule has 0 atom stereocenters. The molecule has 0 aliphatic carbocycles. The van der Waals surface area contributed by atoms with Crippen LogP contribution in [0.15, 0.2) is 41.8 Å². The first-order chi connectivity index (χ1) is 14.1. The molecule has 0 radical (unpaired) electrons. The van der Waals surface area contributed by atoms with Gasteiger partial charge in [-0.25, -0.2) is 4.98 Å². The quantitative estimate of drug-likeness (QED) is 0.524. The van der Waals surface area contributed by atoms with Crippen LogP contribution in [0.5, 0.6) is 5.75 Å². The van der Waals surface area contributed by atoms with Gasteiger partial charge in [-0.2, -0.15) is 8.78 Å². The lowest BCUT2D eigenvalue weighted by molar-refractivity contribution is -0.0498. The molecule has 0 amide bonds. The summed E-state index contributed by atoms with van der Waals surface area (Å²) >= 11 is 8.80. The van der Waals surface area contributed by atoms with Crippen LogP contribution in [-0.2, 0) is 4.74 Å². The minimum Gasteiger partial charge on any atom is -0.435 e. The van der Waals surface area contributed by atoms with Crippen molar-refractivity contribution in [2.75, 3.05) is 36.5 Å². The number of nitrogens with zero attached hydrogens (tertiary/aromatic N) is 2. The fourth-order valence-electron chi connectivity index (χ4n) is 2.84. The first-order valence-electron chi connectivity index (χ1n) is 8.84. The normalized spacial score (nSPS) is 14.2. The first kappa shape index (κ1) is 20.1. The van der Waals surface area contributed by atoms with Crippen molar-refractivity contribution in [1.82, 2.24) is 4.98 Å². The third-order valence-electron chi connectivity index (χ3n) is 4.20. The Morgan fingerprint density at radius 2 is 1.97 bits per heavy atom. The number of alkyl halides is 2. The molecule has 1 aromatic carbocycles. The summed E-state index contributed by atoms with van der Waals surface area (Å²) in [5, 5.41) is 6.10. The predicted molar refractivity (Wildman–Crippen MR) is 117 cm³/mol. The number of hydrogen-bond acceptors (Lipinski definition) is 7. The lowest BCUT2D eigenvalue weighted by Gasteiger charge is -2.26. The molecule has 1 fully saturated rings. The molecule has 1 aliphatic heterocycles. The zero-order valence-electron chi connectivity index (χ0n) is 15.1. The van der Waals surface area contributed by atoms with Crippen LogP contribution < -0.4 is 15.0 Å². The van der Waals surface area contributed by atoms with Gasteiger partial charge in [0.25, 0.3) is 0 Å². The fraction of sp³-hybridized carbons (Fsp3) is 0.263. The van der Waals surface area contributed by atoms with E-state index in [-0.39, 0.29) is 5.75 Å². The SMILES string of the molecule is FC(F)Oc1ccc(NC(=S)c2sc(N3CCOCC3)nc2-c2cccs2)cc1. The number of thiophene rings is 1. The van der Waals surface area contributed by atoms with Gasteiger partial charge in [-0.15, -0.1) is 11.3 Å². The number of nitrogens with one attached hydrogen (secondary N) is 1. The summed E-state index contributed by atoms with van der Waals surface area (Å²) in [4.78, 5) is 9.51. The molecule has 1 saturated heterocycles. The minimum atomic E-state index is -2.85. The summed E-state index contributed by atoms with van der Waals surface area (Å²) in [6, 6.07) is 10.3. The second-order valence-corrected chi connectivity index (χ2v) is 8.44. The monoisotopic (exact) mass is 453 g/mol. The summed E-state index contributed by atoms with van der Waals surface area (Å²) in [5.74, 6) is 0.100. The molecule has 0 saturated carbocycles. The Balaban J connectivity index is 1.57. The molecule has 5 nitrogen and oxygen atoms in total. The topological polar surface area (TPSA) is 46.6 Å². The van der Waals surface area contributed by atoms with Gasteiger partial charge in [-0.3, -0.25) is 0 Å². The molecule has 10 heteroatoms. The molecule has 0 spiro atoms. The number of hydrogen-bond donors (Lipinski definition) is 1. The summed E-state index contributed by atoms with van der Waals surface area (Å²) in [7, 11) is 0. The summed E-state index contributed by atoms with van der Waals surface area (Å²) in [6.45, 7) is 0.0995. The minimum absolute atomic E-state index is 0.100. The summed E-state index contributed by atoms with van der Waals surface area (Å²) < 4.78 is 34.4. The Bertz CT molecular complexity index is 956. The number of aromatic nitrogens is 1. The van der Waals surface area contributed by atoms with Crippen molar-refractivity contribution in [3.8, 4) is 16.3 Å². The number of thiazole rings is 1. The molecule has 2 aromatic heterocycles. The Kier molecular flexibility index (Phi) is 6.34. The number of benzene rings is 1. The van der Waals surface area contributed by atoms with Gasteiger partial charge in [0.05, 0.1) is 23.0 Å². The molecule has 0 bridgehead atoms. The highest BCUT2D eigenvalue weighted by Gasteiger charge is 2.22. The number of rotatable bonds is 6. The molecule has 29 heavy (non-hydrogen) atoms. The number of thiocarbonyl (C=S) groups is 1. The van der Waals surface area contributed by atoms with Crippen molar-refractivity contribution < 1.29 is 18.3 Å². The van der Waals surface area contributed by atoms with Crippen molar-refractivity contribution in [1.29, 1.82) is 0 Å². The number of anilines is 2. The average Bonchev–Trinajstić information content (AvgIpc) is 3.39. The maximum Gasteiger partial charge on any atom is 0.387 e. The smallest absolute Gasteiger partial charge is 0.387 e. The Morgan fingerprint density at radius 1 is 1.21 bits per heavy atom. The standard InChI is InChI=1S/C19H17F2N3O2S3/c20-18(21)26-13-5-3-12(4-6-13)22-17(27)16-15(14-2-1-11-28-14)23-19(29-16)24-7-9-25-10-8-24/h1-6,11,18H,7-10H2,(H,22,27). The zero-order chi connectivity index (χ0) is 20.2. The van der Waals surface area contributed by atoms with E-state index in [1.165, 1.54) is 12.1 Å². The molecule has 0 unspecified atom stereocenters. The van der Waals surface area contributed by atoms with E-state index in [2.05, 4.69) is 15.0 Å². The van der Waals surface area contributed by atoms with E-state index in [0.717, 1.165) is 33.7 Å². The number of ether oxygens (including phenoxy) is 2. The number of halogens is 2. The highest BCUT2D eigenvalue weighted by Crippen LogP contribution is 2.36. The van der Waals surface area contributed by atoms with Gasteiger partial charge >= 0.3 is 6.61 Å². The van der Waals surface area contributed by atoms with Gasteiger partial charge in [0, 0.05) is 18.8 Å². The van der Waals surface area contributed by atoms with Crippen molar-refractivity contribution in [2.24, 2.45) is 0 Å².